The van der Waals surface area contributed by atoms with Gasteiger partial charge < -0.3 is 0 Å². The van der Waals surface area contributed by atoms with Gasteiger partial charge in [0.25, 0.3) is 0 Å². The minimum atomic E-state index is -0.694. The molecule has 0 saturated carbocycles. The van der Waals surface area contributed by atoms with Gasteiger partial charge in [0.15, 0.2) is 0 Å². The molecule has 5 heteroatoms. The highest BCUT2D eigenvalue weighted by molar-refractivity contribution is 9.10. The Morgan fingerprint density at radius 1 is 1.16 bits per heavy atom. The van der Waals surface area contributed by atoms with Crippen molar-refractivity contribution in [3.05, 3.63) is 63.9 Å². The van der Waals surface area contributed by atoms with E-state index in [-0.39, 0.29) is 24.2 Å². The second-order valence-electron chi connectivity index (χ2n) is 4.14. The summed E-state index contributed by atoms with van der Waals surface area (Å²) >= 11 is 3.26. The summed E-state index contributed by atoms with van der Waals surface area (Å²) in [6, 6.07) is 5.00. The zero-order chi connectivity index (χ0) is 13.8. The molecule has 0 bridgehead atoms. The molecule has 0 atom stereocenters. The topological polar surface area (TPSA) is 30.0 Å². The van der Waals surface area contributed by atoms with Gasteiger partial charge in [0.05, 0.1) is 0 Å². The monoisotopic (exact) mass is 325 g/mol. The third-order valence-electron chi connectivity index (χ3n) is 2.57. The second-order valence-corrected chi connectivity index (χ2v) is 5.06. The van der Waals surface area contributed by atoms with Crippen LogP contribution in [0.3, 0.4) is 0 Å². The molecule has 2 nitrogen and oxygen atoms in total. The van der Waals surface area contributed by atoms with E-state index in [1.807, 2.05) is 0 Å². The fraction of sp³-hybridized carbons (Fsp3) is 0.143. The van der Waals surface area contributed by atoms with E-state index in [1.165, 1.54) is 6.07 Å². The van der Waals surface area contributed by atoms with Crippen molar-refractivity contribution in [3.63, 3.8) is 0 Å². The van der Waals surface area contributed by atoms with E-state index in [9.17, 15) is 13.6 Å². The first-order valence-electron chi connectivity index (χ1n) is 5.59. The SMILES string of the molecule is O=C(Cc1cncc(Br)c1)Cc1ccc(F)cc1F. The Balaban J connectivity index is 2.05. The summed E-state index contributed by atoms with van der Waals surface area (Å²) in [7, 11) is 0. The molecule has 0 fully saturated rings. The smallest absolute Gasteiger partial charge is 0.141 e. The highest BCUT2D eigenvalue weighted by Crippen LogP contribution is 2.13. The van der Waals surface area contributed by atoms with Gasteiger partial charge >= 0.3 is 0 Å². The number of Topliss-reactive ketones (excluding diaryl/α,β-unsaturated/α-hetero) is 1. The van der Waals surface area contributed by atoms with E-state index in [0.29, 0.717) is 0 Å². The largest absolute Gasteiger partial charge is 0.299 e. The standard InChI is InChI=1S/C14H10BrF2NO/c15-11-3-9(7-18-8-11)4-13(19)5-10-1-2-12(16)6-14(10)17/h1-3,6-8H,4-5H2. The highest BCUT2D eigenvalue weighted by atomic mass is 79.9. The first kappa shape index (κ1) is 13.8. The first-order valence-corrected chi connectivity index (χ1v) is 6.39. The van der Waals surface area contributed by atoms with Crippen LogP contribution in [-0.4, -0.2) is 10.8 Å². The predicted octanol–water partition coefficient (Wildman–Crippen LogP) is 3.48. The molecule has 0 unspecified atom stereocenters. The second kappa shape index (κ2) is 6.02. The molecule has 19 heavy (non-hydrogen) atoms. The van der Waals surface area contributed by atoms with Crippen molar-refractivity contribution in [3.8, 4) is 0 Å². The lowest BCUT2D eigenvalue weighted by atomic mass is 10.0. The van der Waals surface area contributed by atoms with Crippen molar-refractivity contribution in [2.45, 2.75) is 12.8 Å². The summed E-state index contributed by atoms with van der Waals surface area (Å²) in [5.41, 5.74) is 0.955. The zero-order valence-electron chi connectivity index (χ0n) is 9.87. The van der Waals surface area contributed by atoms with Crippen LogP contribution < -0.4 is 0 Å². The number of benzene rings is 1. The summed E-state index contributed by atoms with van der Waals surface area (Å²) in [5.74, 6) is -1.49. The maximum Gasteiger partial charge on any atom is 0.141 e. The molecule has 0 aliphatic heterocycles. The number of ketones is 1. The molecule has 0 saturated heterocycles. The third kappa shape index (κ3) is 3.92. The van der Waals surface area contributed by atoms with E-state index in [2.05, 4.69) is 20.9 Å². The number of hydrogen-bond acceptors (Lipinski definition) is 2. The molecule has 1 heterocycles. The van der Waals surface area contributed by atoms with Crippen molar-refractivity contribution >= 4 is 21.7 Å². The molecule has 0 spiro atoms. The molecule has 0 aliphatic rings. The lowest BCUT2D eigenvalue weighted by Crippen LogP contribution is -2.08. The number of rotatable bonds is 4. The van der Waals surface area contributed by atoms with E-state index in [4.69, 9.17) is 0 Å². The van der Waals surface area contributed by atoms with Gasteiger partial charge in [-0.2, -0.15) is 0 Å². The Morgan fingerprint density at radius 2 is 1.95 bits per heavy atom. The van der Waals surface area contributed by atoms with Crippen LogP contribution in [0.4, 0.5) is 8.78 Å². The Bertz CT molecular complexity index is 616. The van der Waals surface area contributed by atoms with Crippen LogP contribution in [0.2, 0.25) is 0 Å². The fourth-order valence-corrected chi connectivity index (χ4v) is 2.13. The molecule has 0 N–H and O–H groups in total. The molecule has 1 aromatic carbocycles. The van der Waals surface area contributed by atoms with Gasteiger partial charge in [-0.15, -0.1) is 0 Å². The van der Waals surface area contributed by atoms with Crippen molar-refractivity contribution in [2.75, 3.05) is 0 Å². The Labute approximate surface area is 117 Å². The zero-order valence-corrected chi connectivity index (χ0v) is 11.5. The minimum absolute atomic E-state index is 0.0569. The molecule has 98 valence electrons. The molecule has 2 aromatic rings. The predicted molar refractivity (Wildman–Crippen MR) is 70.7 cm³/mol. The van der Waals surface area contributed by atoms with Crippen molar-refractivity contribution in [1.82, 2.24) is 4.98 Å². The van der Waals surface area contributed by atoms with Crippen LogP contribution in [0.15, 0.2) is 41.1 Å². The minimum Gasteiger partial charge on any atom is -0.299 e. The molecule has 0 radical (unpaired) electrons. The Kier molecular flexibility index (Phi) is 4.37. The van der Waals surface area contributed by atoms with Gasteiger partial charge in [-0.1, -0.05) is 6.07 Å². The lowest BCUT2D eigenvalue weighted by Gasteiger charge is -2.03. The van der Waals surface area contributed by atoms with Crippen LogP contribution >= 0.6 is 15.9 Å². The van der Waals surface area contributed by atoms with Crippen LogP contribution in [0.25, 0.3) is 0 Å². The quantitative estimate of drug-likeness (QED) is 0.861. The number of aromatic nitrogens is 1. The van der Waals surface area contributed by atoms with Crippen LogP contribution in [0.1, 0.15) is 11.1 Å². The van der Waals surface area contributed by atoms with Crippen molar-refractivity contribution in [1.29, 1.82) is 0 Å². The number of carbonyl (C=O) groups is 1. The van der Waals surface area contributed by atoms with Crippen molar-refractivity contribution in [2.24, 2.45) is 0 Å². The van der Waals surface area contributed by atoms with Gasteiger partial charge in [-0.05, 0) is 39.2 Å². The maximum atomic E-state index is 13.4. The fourth-order valence-electron chi connectivity index (χ4n) is 1.72. The van der Waals surface area contributed by atoms with Gasteiger partial charge in [0, 0.05) is 35.8 Å². The number of hydrogen-bond donors (Lipinski definition) is 0. The van der Waals surface area contributed by atoms with Gasteiger partial charge in [0.1, 0.15) is 17.4 Å². The lowest BCUT2D eigenvalue weighted by molar-refractivity contribution is -0.117. The van der Waals surface area contributed by atoms with E-state index in [1.54, 1.807) is 18.5 Å². The van der Waals surface area contributed by atoms with E-state index in [0.717, 1.165) is 22.2 Å². The maximum absolute atomic E-state index is 13.4. The van der Waals surface area contributed by atoms with E-state index < -0.39 is 11.6 Å². The van der Waals surface area contributed by atoms with Gasteiger partial charge in [-0.3, -0.25) is 9.78 Å². The van der Waals surface area contributed by atoms with E-state index >= 15 is 0 Å². The molecule has 0 aliphatic carbocycles. The highest BCUT2D eigenvalue weighted by Gasteiger charge is 2.10. The van der Waals surface area contributed by atoms with Crippen molar-refractivity contribution < 1.29 is 13.6 Å². The summed E-state index contributed by atoms with van der Waals surface area (Å²) in [4.78, 5) is 15.8. The molecular weight excluding hydrogens is 316 g/mol. The Morgan fingerprint density at radius 3 is 2.63 bits per heavy atom. The van der Waals surface area contributed by atoms with Crippen LogP contribution in [-0.2, 0) is 17.6 Å². The molecular formula is C14H10BrF2NO. The van der Waals surface area contributed by atoms with Crippen LogP contribution in [0, 0.1) is 11.6 Å². The average molecular weight is 326 g/mol. The molecule has 2 rings (SSSR count). The average Bonchev–Trinajstić information content (AvgIpc) is 2.33. The van der Waals surface area contributed by atoms with Gasteiger partial charge in [0.2, 0.25) is 0 Å². The number of carbonyl (C=O) groups excluding carboxylic acids is 1. The summed E-state index contributed by atoms with van der Waals surface area (Å²) < 4.78 is 26.9. The third-order valence-corrected chi connectivity index (χ3v) is 3.00. The number of halogens is 3. The summed E-state index contributed by atoms with van der Waals surface area (Å²) in [6.07, 6.45) is 3.32. The van der Waals surface area contributed by atoms with Crippen LogP contribution in [0.5, 0.6) is 0 Å². The normalized spacial score (nSPS) is 10.5. The Hall–Kier alpha value is -1.62. The first-order chi connectivity index (χ1) is 9.04. The molecule has 1 aromatic heterocycles. The summed E-state index contributed by atoms with van der Waals surface area (Å²) in [6.45, 7) is 0. The number of nitrogens with zero attached hydrogens (tertiary/aromatic N) is 1. The number of pyridine rings is 1. The van der Waals surface area contributed by atoms with Gasteiger partial charge in [-0.25, -0.2) is 8.78 Å². The molecule has 0 amide bonds. The summed E-state index contributed by atoms with van der Waals surface area (Å²) in [5, 5.41) is 0.